The summed E-state index contributed by atoms with van der Waals surface area (Å²) in [4.78, 5) is 20.4. The topological polar surface area (TPSA) is 59.8 Å². The SMILES string of the molecule is CC1(C(=O)NCc2ccc(-n3ccnc3)nc2)CC1(Cl)Cl. The van der Waals surface area contributed by atoms with Gasteiger partial charge >= 0.3 is 0 Å². The molecular weight excluding hydrogens is 311 g/mol. The number of nitrogens with zero attached hydrogens (tertiary/aromatic N) is 3. The molecule has 5 nitrogen and oxygen atoms in total. The van der Waals surface area contributed by atoms with Crippen molar-refractivity contribution in [2.75, 3.05) is 0 Å². The van der Waals surface area contributed by atoms with E-state index in [4.69, 9.17) is 23.2 Å². The number of carbonyl (C=O) groups excluding carboxylic acids is 1. The van der Waals surface area contributed by atoms with Crippen LogP contribution in [0.1, 0.15) is 18.9 Å². The molecule has 2 aromatic heterocycles. The molecule has 0 bridgehead atoms. The number of carbonyl (C=O) groups is 1. The lowest BCUT2D eigenvalue weighted by atomic mass is 10.1. The van der Waals surface area contributed by atoms with Crippen LogP contribution in [0.25, 0.3) is 5.82 Å². The minimum absolute atomic E-state index is 0.133. The molecule has 0 spiro atoms. The zero-order valence-electron chi connectivity index (χ0n) is 11.4. The first-order chi connectivity index (χ1) is 9.92. The third-order valence-electron chi connectivity index (χ3n) is 3.79. The van der Waals surface area contributed by atoms with E-state index in [0.717, 1.165) is 11.4 Å². The molecule has 2 heterocycles. The Morgan fingerprint density at radius 1 is 1.48 bits per heavy atom. The fourth-order valence-corrected chi connectivity index (χ4v) is 2.80. The van der Waals surface area contributed by atoms with Crippen molar-refractivity contribution in [3.63, 3.8) is 0 Å². The number of amides is 1. The van der Waals surface area contributed by atoms with Crippen molar-refractivity contribution < 1.29 is 4.79 Å². The minimum atomic E-state index is -0.944. The second-order valence-corrected chi connectivity index (χ2v) is 6.87. The van der Waals surface area contributed by atoms with Crippen LogP contribution in [0.4, 0.5) is 0 Å². The summed E-state index contributed by atoms with van der Waals surface area (Å²) in [5.74, 6) is 0.642. The molecule has 21 heavy (non-hydrogen) atoms. The lowest BCUT2D eigenvalue weighted by Crippen LogP contribution is -2.32. The summed E-state index contributed by atoms with van der Waals surface area (Å²) in [6, 6.07) is 3.78. The van der Waals surface area contributed by atoms with Crippen molar-refractivity contribution in [3.05, 3.63) is 42.6 Å². The van der Waals surface area contributed by atoms with Crippen molar-refractivity contribution in [3.8, 4) is 5.82 Å². The van der Waals surface area contributed by atoms with Gasteiger partial charge in [0.25, 0.3) is 0 Å². The summed E-state index contributed by atoms with van der Waals surface area (Å²) in [7, 11) is 0. The molecule has 1 atom stereocenters. The highest BCUT2D eigenvalue weighted by Gasteiger charge is 2.67. The van der Waals surface area contributed by atoms with Crippen LogP contribution in [0.2, 0.25) is 0 Å². The largest absolute Gasteiger partial charge is 0.351 e. The molecule has 1 unspecified atom stereocenters. The van der Waals surface area contributed by atoms with Gasteiger partial charge in [0, 0.05) is 25.1 Å². The van der Waals surface area contributed by atoms with E-state index in [2.05, 4.69) is 15.3 Å². The van der Waals surface area contributed by atoms with E-state index < -0.39 is 9.75 Å². The fraction of sp³-hybridized carbons (Fsp3) is 0.357. The minimum Gasteiger partial charge on any atom is -0.351 e. The number of hydrogen-bond donors (Lipinski definition) is 1. The van der Waals surface area contributed by atoms with E-state index in [1.807, 2.05) is 22.9 Å². The number of hydrogen-bond acceptors (Lipinski definition) is 3. The van der Waals surface area contributed by atoms with Gasteiger partial charge in [-0.2, -0.15) is 0 Å². The second kappa shape index (κ2) is 5.00. The third kappa shape index (κ3) is 2.63. The van der Waals surface area contributed by atoms with E-state index in [1.165, 1.54) is 0 Å². The summed E-state index contributed by atoms with van der Waals surface area (Å²) in [5, 5.41) is 2.84. The first kappa shape index (κ1) is 14.4. The van der Waals surface area contributed by atoms with Crippen molar-refractivity contribution in [1.29, 1.82) is 0 Å². The molecule has 110 valence electrons. The van der Waals surface area contributed by atoms with Gasteiger partial charge in [0.1, 0.15) is 16.5 Å². The molecule has 7 heteroatoms. The van der Waals surface area contributed by atoms with Crippen LogP contribution in [-0.2, 0) is 11.3 Å². The van der Waals surface area contributed by atoms with Gasteiger partial charge in [0.05, 0.1) is 5.41 Å². The van der Waals surface area contributed by atoms with Gasteiger partial charge in [-0.25, -0.2) is 9.97 Å². The number of nitrogens with one attached hydrogen (secondary N) is 1. The van der Waals surface area contributed by atoms with Crippen molar-refractivity contribution in [2.45, 2.75) is 24.2 Å². The Morgan fingerprint density at radius 3 is 2.76 bits per heavy atom. The fourth-order valence-electron chi connectivity index (χ4n) is 2.09. The summed E-state index contributed by atoms with van der Waals surface area (Å²) < 4.78 is 0.865. The van der Waals surface area contributed by atoms with Crippen LogP contribution in [0, 0.1) is 5.41 Å². The highest BCUT2D eigenvalue weighted by Crippen LogP contribution is 2.63. The Balaban J connectivity index is 1.60. The monoisotopic (exact) mass is 324 g/mol. The predicted molar refractivity (Wildman–Crippen MR) is 80.4 cm³/mol. The van der Waals surface area contributed by atoms with Gasteiger partial charge in [-0.1, -0.05) is 6.07 Å². The predicted octanol–water partition coefficient (Wildman–Crippen LogP) is 2.47. The Hall–Kier alpha value is -1.59. The average molecular weight is 325 g/mol. The molecule has 0 aliphatic heterocycles. The van der Waals surface area contributed by atoms with Gasteiger partial charge in [-0.05, 0) is 25.0 Å². The van der Waals surface area contributed by atoms with Crippen LogP contribution in [0.15, 0.2) is 37.1 Å². The number of halogens is 2. The first-order valence-corrected chi connectivity index (χ1v) is 7.27. The molecule has 3 rings (SSSR count). The van der Waals surface area contributed by atoms with E-state index in [0.29, 0.717) is 13.0 Å². The van der Waals surface area contributed by atoms with E-state index >= 15 is 0 Å². The molecule has 0 radical (unpaired) electrons. The molecule has 1 saturated carbocycles. The molecule has 0 saturated heterocycles. The molecular formula is C14H14Cl2N4O. The van der Waals surface area contributed by atoms with Crippen molar-refractivity contribution >= 4 is 29.1 Å². The zero-order chi connectivity index (χ0) is 15.1. The van der Waals surface area contributed by atoms with Crippen LogP contribution in [0.5, 0.6) is 0 Å². The highest BCUT2D eigenvalue weighted by molar-refractivity contribution is 6.53. The van der Waals surface area contributed by atoms with Gasteiger partial charge in [0.15, 0.2) is 0 Å². The Morgan fingerprint density at radius 2 is 2.24 bits per heavy atom. The summed E-state index contributed by atoms with van der Waals surface area (Å²) >= 11 is 12.0. The molecule has 1 amide bonds. The first-order valence-electron chi connectivity index (χ1n) is 6.52. The summed E-state index contributed by atoms with van der Waals surface area (Å²) in [5.41, 5.74) is 0.214. The zero-order valence-corrected chi connectivity index (χ0v) is 12.9. The Bertz CT molecular complexity index is 654. The van der Waals surface area contributed by atoms with E-state index in [-0.39, 0.29) is 5.91 Å². The molecule has 1 aliphatic carbocycles. The number of alkyl halides is 2. The average Bonchev–Trinajstić information content (AvgIpc) is 2.87. The number of pyridine rings is 1. The lowest BCUT2D eigenvalue weighted by molar-refractivity contribution is -0.125. The number of rotatable bonds is 4. The maximum absolute atomic E-state index is 12.1. The van der Waals surface area contributed by atoms with Gasteiger partial charge < -0.3 is 5.32 Å². The smallest absolute Gasteiger partial charge is 0.229 e. The quantitative estimate of drug-likeness (QED) is 0.879. The highest BCUT2D eigenvalue weighted by atomic mass is 35.5. The Kier molecular flexibility index (Phi) is 3.42. The molecule has 1 fully saturated rings. The third-order valence-corrected chi connectivity index (χ3v) is 4.89. The van der Waals surface area contributed by atoms with Crippen LogP contribution < -0.4 is 5.32 Å². The van der Waals surface area contributed by atoms with Gasteiger partial charge in [0.2, 0.25) is 5.91 Å². The van der Waals surface area contributed by atoms with Crippen molar-refractivity contribution in [2.24, 2.45) is 5.41 Å². The molecule has 1 aliphatic rings. The van der Waals surface area contributed by atoms with Gasteiger partial charge in [-0.3, -0.25) is 9.36 Å². The maximum Gasteiger partial charge on any atom is 0.229 e. The number of imidazole rings is 1. The summed E-state index contributed by atoms with van der Waals surface area (Å²) in [6.45, 7) is 2.16. The second-order valence-electron chi connectivity index (χ2n) is 5.39. The molecule has 2 aromatic rings. The summed E-state index contributed by atoms with van der Waals surface area (Å²) in [6.07, 6.45) is 7.39. The van der Waals surface area contributed by atoms with Crippen LogP contribution in [0.3, 0.4) is 0 Å². The van der Waals surface area contributed by atoms with Crippen LogP contribution in [-0.4, -0.2) is 24.8 Å². The van der Waals surface area contributed by atoms with E-state index in [9.17, 15) is 4.79 Å². The van der Waals surface area contributed by atoms with Crippen molar-refractivity contribution in [1.82, 2.24) is 19.9 Å². The standard InChI is InChI=1S/C14H14Cl2N4O/c1-13(8-14(13,15)16)12(21)19-7-10-2-3-11(18-6-10)20-5-4-17-9-20/h2-6,9H,7-8H2,1H3,(H,19,21). The Labute approximate surface area is 132 Å². The lowest BCUT2D eigenvalue weighted by Gasteiger charge is -2.12. The molecule has 1 N–H and O–H groups in total. The van der Waals surface area contributed by atoms with Gasteiger partial charge in [-0.15, -0.1) is 23.2 Å². The number of aromatic nitrogens is 3. The maximum atomic E-state index is 12.1. The molecule has 0 aromatic carbocycles. The normalized spacial score (nSPS) is 22.8. The van der Waals surface area contributed by atoms with Crippen LogP contribution >= 0.6 is 23.2 Å². The van der Waals surface area contributed by atoms with E-state index in [1.54, 1.807) is 25.6 Å².